The molecular weight excluding hydrogens is 312 g/mol. The summed E-state index contributed by atoms with van der Waals surface area (Å²) >= 11 is 1.36. The Morgan fingerprint density at radius 2 is 2.19 bits per heavy atom. The molecule has 3 rings (SSSR count). The van der Waals surface area contributed by atoms with E-state index in [-0.39, 0.29) is 35.8 Å². The van der Waals surface area contributed by atoms with Crippen LogP contribution in [0.15, 0.2) is 0 Å². The highest BCUT2D eigenvalue weighted by Gasteiger charge is 2.70. The van der Waals surface area contributed by atoms with Crippen molar-refractivity contribution in [3.8, 4) is 0 Å². The van der Waals surface area contributed by atoms with Crippen molar-refractivity contribution in [2.24, 2.45) is 17.1 Å². The number of nitrogens with two attached hydrogens (primary N) is 1. The number of ether oxygens (including phenoxy) is 1. The highest BCUT2D eigenvalue weighted by Crippen LogP contribution is 2.57. The van der Waals surface area contributed by atoms with E-state index in [0.717, 1.165) is 24.5 Å². The van der Waals surface area contributed by atoms with Crippen molar-refractivity contribution in [2.75, 3.05) is 11.9 Å². The number of aryl methyl sites for hydroxylation is 1. The van der Waals surface area contributed by atoms with E-state index in [0.29, 0.717) is 5.13 Å². The first-order chi connectivity index (χ1) is 9.37. The highest BCUT2D eigenvalue weighted by atomic mass is 35.5. The minimum Gasteiger partial charge on any atom is -0.377 e. The molecule has 3 N–H and O–H groups in total. The van der Waals surface area contributed by atoms with Crippen LogP contribution in [0, 0.1) is 18.3 Å². The second kappa shape index (κ2) is 5.46. The summed E-state index contributed by atoms with van der Waals surface area (Å²) < 4.78 is 5.81. The van der Waals surface area contributed by atoms with Gasteiger partial charge in [-0.05, 0) is 19.8 Å². The molecule has 0 spiro atoms. The Bertz CT molecular complexity index is 550. The van der Waals surface area contributed by atoms with Crippen molar-refractivity contribution in [3.05, 3.63) is 5.01 Å². The number of hydrogen-bond donors (Lipinski definition) is 2. The quantitative estimate of drug-likeness (QED) is 0.861. The van der Waals surface area contributed by atoms with E-state index in [4.69, 9.17) is 10.5 Å². The predicted molar refractivity (Wildman–Crippen MR) is 83.7 cm³/mol. The summed E-state index contributed by atoms with van der Waals surface area (Å²) in [6.07, 6.45) is 1.97. The Balaban J connectivity index is 0.00000161. The minimum atomic E-state index is -0.905. The molecule has 0 radical (unpaired) electrons. The average Bonchev–Trinajstić information content (AvgIpc) is 2.83. The molecule has 118 valence electrons. The monoisotopic (exact) mass is 332 g/mol. The number of nitrogens with zero attached hydrogens (tertiary/aromatic N) is 2. The number of carbonyl (C=O) groups is 1. The highest BCUT2D eigenvalue weighted by molar-refractivity contribution is 7.15. The van der Waals surface area contributed by atoms with E-state index in [9.17, 15) is 4.79 Å². The van der Waals surface area contributed by atoms with Crippen LogP contribution in [0.3, 0.4) is 0 Å². The van der Waals surface area contributed by atoms with Gasteiger partial charge in [-0.25, -0.2) is 0 Å². The van der Waals surface area contributed by atoms with E-state index in [1.54, 1.807) is 0 Å². The fourth-order valence-corrected chi connectivity index (χ4v) is 4.17. The lowest BCUT2D eigenvalue weighted by molar-refractivity contribution is -0.222. The third-order valence-corrected chi connectivity index (χ3v) is 5.56. The molecule has 21 heavy (non-hydrogen) atoms. The largest absolute Gasteiger partial charge is 0.377 e. The van der Waals surface area contributed by atoms with Gasteiger partial charge in [-0.2, -0.15) is 0 Å². The van der Waals surface area contributed by atoms with Crippen molar-refractivity contribution >= 4 is 34.8 Å². The predicted octanol–water partition coefficient (Wildman–Crippen LogP) is 1.74. The van der Waals surface area contributed by atoms with Crippen LogP contribution in [0.5, 0.6) is 0 Å². The molecule has 2 fully saturated rings. The SMILES string of the molecule is Cc1nnc(NC(=O)C2(N)C3CCCOC3C2(C)C)s1.Cl. The number of fused-ring (bicyclic) bond motifs is 1. The summed E-state index contributed by atoms with van der Waals surface area (Å²) in [6, 6.07) is 0. The van der Waals surface area contributed by atoms with Gasteiger partial charge in [0, 0.05) is 17.9 Å². The van der Waals surface area contributed by atoms with Gasteiger partial charge in [0.1, 0.15) is 10.5 Å². The Hall–Kier alpha value is -0.760. The normalized spacial score (nSPS) is 33.3. The smallest absolute Gasteiger partial charge is 0.247 e. The molecule has 1 aromatic rings. The number of anilines is 1. The van der Waals surface area contributed by atoms with Gasteiger partial charge in [-0.3, -0.25) is 10.1 Å². The van der Waals surface area contributed by atoms with Crippen molar-refractivity contribution in [2.45, 2.75) is 45.3 Å². The second-order valence-electron chi connectivity index (χ2n) is 6.21. The third-order valence-electron chi connectivity index (χ3n) is 4.81. The number of carbonyl (C=O) groups excluding carboxylic acids is 1. The molecule has 3 unspecified atom stereocenters. The van der Waals surface area contributed by atoms with E-state index in [2.05, 4.69) is 15.5 Å². The molecule has 1 saturated heterocycles. The second-order valence-corrected chi connectivity index (χ2v) is 7.39. The Kier molecular flexibility index (Phi) is 4.32. The van der Waals surface area contributed by atoms with E-state index in [1.165, 1.54) is 11.3 Å². The average molecular weight is 333 g/mol. The van der Waals surface area contributed by atoms with Crippen LogP contribution in [-0.4, -0.2) is 34.4 Å². The number of aromatic nitrogens is 2. The van der Waals surface area contributed by atoms with Crippen LogP contribution in [0.1, 0.15) is 31.7 Å². The molecule has 1 amide bonds. The summed E-state index contributed by atoms with van der Waals surface area (Å²) in [5.74, 6) is -0.0920. The molecular formula is C13H21ClN4O2S. The van der Waals surface area contributed by atoms with Gasteiger partial charge in [-0.15, -0.1) is 22.6 Å². The molecule has 0 aromatic carbocycles. The lowest BCUT2D eigenvalue weighted by atomic mass is 9.46. The maximum atomic E-state index is 12.6. The van der Waals surface area contributed by atoms with Gasteiger partial charge in [0.05, 0.1) is 6.10 Å². The molecule has 0 bridgehead atoms. The van der Waals surface area contributed by atoms with Gasteiger partial charge in [0.2, 0.25) is 11.0 Å². The van der Waals surface area contributed by atoms with Crippen LogP contribution in [0.2, 0.25) is 0 Å². The lowest BCUT2D eigenvalue weighted by Gasteiger charge is -2.64. The summed E-state index contributed by atoms with van der Waals surface area (Å²) in [5, 5.41) is 12.0. The molecule has 1 saturated carbocycles. The van der Waals surface area contributed by atoms with Gasteiger partial charge in [0.25, 0.3) is 0 Å². The maximum absolute atomic E-state index is 12.6. The van der Waals surface area contributed by atoms with Crippen molar-refractivity contribution in [1.29, 1.82) is 0 Å². The van der Waals surface area contributed by atoms with Crippen molar-refractivity contribution < 1.29 is 9.53 Å². The lowest BCUT2D eigenvalue weighted by Crippen LogP contribution is -2.81. The molecule has 2 aliphatic rings. The summed E-state index contributed by atoms with van der Waals surface area (Å²) in [4.78, 5) is 12.6. The first-order valence-electron chi connectivity index (χ1n) is 6.89. The molecule has 1 aliphatic carbocycles. The summed E-state index contributed by atoms with van der Waals surface area (Å²) in [7, 11) is 0. The number of nitrogens with one attached hydrogen (secondary N) is 1. The number of halogens is 1. The van der Waals surface area contributed by atoms with Crippen LogP contribution in [0.4, 0.5) is 5.13 Å². The maximum Gasteiger partial charge on any atom is 0.247 e. The zero-order chi connectivity index (χ0) is 14.5. The molecule has 8 heteroatoms. The van der Waals surface area contributed by atoms with Crippen LogP contribution in [-0.2, 0) is 9.53 Å². The van der Waals surface area contributed by atoms with Gasteiger partial charge in [-0.1, -0.05) is 25.2 Å². The number of hydrogen-bond acceptors (Lipinski definition) is 6. The molecule has 2 heterocycles. The van der Waals surface area contributed by atoms with Crippen LogP contribution >= 0.6 is 23.7 Å². The fraction of sp³-hybridized carbons (Fsp3) is 0.769. The topological polar surface area (TPSA) is 90.1 Å². The van der Waals surface area contributed by atoms with Gasteiger partial charge >= 0.3 is 0 Å². The Morgan fingerprint density at radius 3 is 2.81 bits per heavy atom. The van der Waals surface area contributed by atoms with Crippen LogP contribution < -0.4 is 11.1 Å². The van der Waals surface area contributed by atoms with E-state index < -0.39 is 5.54 Å². The molecule has 3 atom stereocenters. The third kappa shape index (κ3) is 2.27. The first-order valence-corrected chi connectivity index (χ1v) is 7.71. The minimum absolute atomic E-state index is 0. The zero-order valence-electron chi connectivity index (χ0n) is 12.4. The van der Waals surface area contributed by atoms with Gasteiger partial charge < -0.3 is 10.5 Å². The summed E-state index contributed by atoms with van der Waals surface area (Å²) in [5.41, 5.74) is 5.22. The fourth-order valence-electron chi connectivity index (χ4n) is 3.58. The number of amides is 1. The molecule has 1 aliphatic heterocycles. The van der Waals surface area contributed by atoms with E-state index in [1.807, 2.05) is 20.8 Å². The Labute approximate surface area is 134 Å². The van der Waals surface area contributed by atoms with Crippen molar-refractivity contribution in [1.82, 2.24) is 10.2 Å². The van der Waals surface area contributed by atoms with Crippen LogP contribution in [0.25, 0.3) is 0 Å². The first kappa shape index (κ1) is 16.6. The van der Waals surface area contributed by atoms with E-state index >= 15 is 0 Å². The van der Waals surface area contributed by atoms with Gasteiger partial charge in [0.15, 0.2) is 0 Å². The molecule has 1 aromatic heterocycles. The zero-order valence-corrected chi connectivity index (χ0v) is 14.0. The van der Waals surface area contributed by atoms with Crippen molar-refractivity contribution in [3.63, 3.8) is 0 Å². The summed E-state index contributed by atoms with van der Waals surface area (Å²) in [6.45, 7) is 6.62. The Morgan fingerprint density at radius 1 is 1.48 bits per heavy atom. The number of rotatable bonds is 2. The standard InChI is InChI=1S/C13H20N4O2S.ClH/c1-7-16-17-11(20-7)15-10(18)13(14)8-5-4-6-19-9(8)12(13,2)3;/h8-9H,4-6,14H2,1-3H3,(H,15,17,18);1H. The molecule has 6 nitrogen and oxygen atoms in total.